The van der Waals surface area contributed by atoms with E-state index >= 15 is 0 Å². The summed E-state index contributed by atoms with van der Waals surface area (Å²) in [6.07, 6.45) is -1.86. The van der Waals surface area contributed by atoms with Crippen LogP contribution in [0.5, 0.6) is 0 Å². The molecule has 1 amide bonds. The van der Waals surface area contributed by atoms with Gasteiger partial charge in [0.15, 0.2) is 0 Å². The van der Waals surface area contributed by atoms with Gasteiger partial charge in [0.1, 0.15) is 0 Å². The standard InChI is InChI=1S/C20H16N2O3/c21-11-16-10-14(6-8-17(16)15-4-2-1-3-5-15)7-9-20(25)22-12-18(23)19(24)13-22/h1-6,8,10,18-19,23-24H,12-13H2/t18-,19+. The largest absolute Gasteiger partial charge is 0.388 e. The molecule has 0 bridgehead atoms. The Morgan fingerprint density at radius 3 is 2.40 bits per heavy atom. The molecular weight excluding hydrogens is 316 g/mol. The molecule has 3 rings (SSSR count). The van der Waals surface area contributed by atoms with E-state index in [1.807, 2.05) is 36.4 Å². The molecule has 0 spiro atoms. The lowest BCUT2D eigenvalue weighted by Crippen LogP contribution is -2.28. The van der Waals surface area contributed by atoms with Crippen LogP contribution in [0, 0.1) is 23.2 Å². The van der Waals surface area contributed by atoms with Crippen LogP contribution in [-0.2, 0) is 4.79 Å². The molecule has 0 radical (unpaired) electrons. The lowest BCUT2D eigenvalue weighted by molar-refractivity contribution is -0.124. The Balaban J connectivity index is 1.81. The van der Waals surface area contributed by atoms with Crippen LogP contribution in [-0.4, -0.2) is 46.3 Å². The van der Waals surface area contributed by atoms with Crippen molar-refractivity contribution < 1.29 is 15.0 Å². The van der Waals surface area contributed by atoms with Gasteiger partial charge in [0.05, 0.1) is 36.9 Å². The van der Waals surface area contributed by atoms with Crippen molar-refractivity contribution in [2.45, 2.75) is 12.2 Å². The highest BCUT2D eigenvalue weighted by molar-refractivity contribution is 5.94. The number of rotatable bonds is 1. The summed E-state index contributed by atoms with van der Waals surface area (Å²) in [5.74, 6) is 4.79. The zero-order chi connectivity index (χ0) is 17.8. The summed E-state index contributed by atoms with van der Waals surface area (Å²) < 4.78 is 0. The van der Waals surface area contributed by atoms with E-state index < -0.39 is 18.1 Å². The van der Waals surface area contributed by atoms with Crippen molar-refractivity contribution in [1.29, 1.82) is 5.26 Å². The van der Waals surface area contributed by atoms with Gasteiger partial charge in [-0.3, -0.25) is 4.79 Å². The lowest BCUT2D eigenvalue weighted by atomic mass is 9.98. The van der Waals surface area contributed by atoms with Gasteiger partial charge in [-0.15, -0.1) is 0 Å². The maximum Gasteiger partial charge on any atom is 0.299 e. The van der Waals surface area contributed by atoms with Crippen LogP contribution < -0.4 is 0 Å². The van der Waals surface area contributed by atoms with E-state index in [1.54, 1.807) is 12.1 Å². The Hall–Kier alpha value is -3.12. The van der Waals surface area contributed by atoms with Crippen LogP contribution in [0.1, 0.15) is 11.1 Å². The van der Waals surface area contributed by atoms with Crippen molar-refractivity contribution in [3.63, 3.8) is 0 Å². The van der Waals surface area contributed by atoms with Gasteiger partial charge in [0.2, 0.25) is 0 Å². The molecule has 0 saturated carbocycles. The summed E-state index contributed by atoms with van der Waals surface area (Å²) in [6.45, 7) is 0.149. The summed E-state index contributed by atoms with van der Waals surface area (Å²) in [4.78, 5) is 13.3. The average molecular weight is 332 g/mol. The second-order valence-electron chi connectivity index (χ2n) is 5.83. The molecule has 5 heteroatoms. The van der Waals surface area contributed by atoms with E-state index in [1.165, 1.54) is 4.90 Å². The van der Waals surface area contributed by atoms with Gasteiger partial charge < -0.3 is 15.1 Å². The highest BCUT2D eigenvalue weighted by Gasteiger charge is 2.31. The van der Waals surface area contributed by atoms with Gasteiger partial charge in [0, 0.05) is 11.5 Å². The lowest BCUT2D eigenvalue weighted by Gasteiger charge is -2.10. The number of nitriles is 1. The number of carbonyl (C=O) groups is 1. The summed E-state index contributed by atoms with van der Waals surface area (Å²) in [6, 6.07) is 17.0. The second-order valence-corrected chi connectivity index (χ2v) is 5.83. The van der Waals surface area contributed by atoms with E-state index in [2.05, 4.69) is 17.9 Å². The van der Waals surface area contributed by atoms with E-state index in [0.717, 1.165) is 11.1 Å². The number of aliphatic hydroxyl groups excluding tert-OH is 2. The zero-order valence-corrected chi connectivity index (χ0v) is 13.4. The molecule has 25 heavy (non-hydrogen) atoms. The fourth-order valence-electron chi connectivity index (χ4n) is 2.72. The van der Waals surface area contributed by atoms with Crippen molar-refractivity contribution in [3.8, 4) is 29.0 Å². The van der Waals surface area contributed by atoms with Crippen molar-refractivity contribution >= 4 is 5.91 Å². The fourth-order valence-corrected chi connectivity index (χ4v) is 2.72. The Kier molecular flexibility index (Phi) is 4.81. The molecule has 2 aromatic rings. The molecular formula is C20H16N2O3. The Labute approximate surface area is 145 Å². The molecule has 5 nitrogen and oxygen atoms in total. The second kappa shape index (κ2) is 7.19. The molecule has 0 unspecified atom stereocenters. The zero-order valence-electron chi connectivity index (χ0n) is 13.4. The van der Waals surface area contributed by atoms with Crippen LogP contribution in [0.2, 0.25) is 0 Å². The first-order valence-electron chi connectivity index (χ1n) is 7.85. The number of benzene rings is 2. The molecule has 1 heterocycles. The molecule has 2 aromatic carbocycles. The summed E-state index contributed by atoms with van der Waals surface area (Å²) in [7, 11) is 0. The number of carbonyl (C=O) groups excluding carboxylic acids is 1. The Morgan fingerprint density at radius 1 is 1.08 bits per heavy atom. The number of hydrogen-bond donors (Lipinski definition) is 2. The first-order valence-corrected chi connectivity index (χ1v) is 7.85. The Morgan fingerprint density at radius 2 is 1.76 bits per heavy atom. The van der Waals surface area contributed by atoms with Crippen LogP contribution in [0.25, 0.3) is 11.1 Å². The number of likely N-dealkylation sites (tertiary alicyclic amines) is 1. The Bertz CT molecular complexity index is 881. The van der Waals surface area contributed by atoms with E-state index in [9.17, 15) is 20.3 Å². The third-order valence-electron chi connectivity index (χ3n) is 4.08. The molecule has 0 aliphatic carbocycles. The van der Waals surface area contributed by atoms with E-state index in [-0.39, 0.29) is 13.1 Å². The van der Waals surface area contributed by atoms with Crippen molar-refractivity contribution in [2.75, 3.05) is 13.1 Å². The smallest absolute Gasteiger partial charge is 0.299 e. The van der Waals surface area contributed by atoms with Gasteiger partial charge in [-0.1, -0.05) is 42.3 Å². The molecule has 124 valence electrons. The topological polar surface area (TPSA) is 84.6 Å². The number of nitrogens with zero attached hydrogens (tertiary/aromatic N) is 2. The number of β-amino-alcohol motifs (C(OH)–C–C–N with tert-alkyl or cyclic N) is 2. The maximum atomic E-state index is 12.0. The van der Waals surface area contributed by atoms with E-state index in [4.69, 9.17) is 0 Å². The minimum absolute atomic E-state index is 0.0745. The van der Waals surface area contributed by atoms with Crippen molar-refractivity contribution in [3.05, 3.63) is 59.7 Å². The molecule has 0 aromatic heterocycles. The number of aliphatic hydroxyl groups is 2. The summed E-state index contributed by atoms with van der Waals surface area (Å²) in [5.41, 5.74) is 2.79. The predicted octanol–water partition coefficient (Wildman–Crippen LogP) is 1.14. The van der Waals surface area contributed by atoms with Gasteiger partial charge in [-0.25, -0.2) is 0 Å². The fraction of sp³-hybridized carbons (Fsp3) is 0.200. The van der Waals surface area contributed by atoms with Crippen molar-refractivity contribution in [1.82, 2.24) is 4.90 Å². The molecule has 2 N–H and O–H groups in total. The minimum atomic E-state index is -0.930. The monoisotopic (exact) mass is 332 g/mol. The van der Waals surface area contributed by atoms with Crippen LogP contribution in [0.3, 0.4) is 0 Å². The summed E-state index contributed by atoms with van der Waals surface area (Å²) in [5, 5.41) is 28.3. The number of hydrogen-bond acceptors (Lipinski definition) is 4. The molecule has 1 fully saturated rings. The van der Waals surface area contributed by atoms with Crippen molar-refractivity contribution in [2.24, 2.45) is 0 Å². The van der Waals surface area contributed by atoms with Crippen LogP contribution >= 0.6 is 0 Å². The minimum Gasteiger partial charge on any atom is -0.388 e. The molecule has 1 aliphatic rings. The SMILES string of the molecule is N#Cc1cc(C#CC(=O)N2C[C@@H](O)[C@@H](O)C2)ccc1-c1ccccc1. The molecule has 1 aliphatic heterocycles. The predicted molar refractivity (Wildman–Crippen MR) is 92.1 cm³/mol. The van der Waals surface area contributed by atoms with Gasteiger partial charge >= 0.3 is 0 Å². The highest BCUT2D eigenvalue weighted by atomic mass is 16.3. The third kappa shape index (κ3) is 3.70. The van der Waals surface area contributed by atoms with Gasteiger partial charge in [-0.05, 0) is 23.3 Å². The first-order chi connectivity index (χ1) is 12.1. The quantitative estimate of drug-likeness (QED) is 0.767. The number of amides is 1. The first kappa shape index (κ1) is 16.7. The third-order valence-corrected chi connectivity index (χ3v) is 4.08. The average Bonchev–Trinajstić information content (AvgIpc) is 2.99. The van der Waals surface area contributed by atoms with E-state index in [0.29, 0.717) is 11.1 Å². The van der Waals surface area contributed by atoms with Gasteiger partial charge in [0.25, 0.3) is 5.91 Å². The molecule has 1 saturated heterocycles. The van der Waals surface area contributed by atoms with Crippen LogP contribution in [0.4, 0.5) is 0 Å². The molecule has 2 atom stereocenters. The summed E-state index contributed by atoms with van der Waals surface area (Å²) >= 11 is 0. The maximum absolute atomic E-state index is 12.0. The van der Waals surface area contributed by atoms with Crippen LogP contribution in [0.15, 0.2) is 48.5 Å². The van der Waals surface area contributed by atoms with Gasteiger partial charge in [-0.2, -0.15) is 5.26 Å². The highest BCUT2D eigenvalue weighted by Crippen LogP contribution is 2.23. The normalized spacial score (nSPS) is 19.0.